The molecule has 0 spiro atoms. The van der Waals surface area contributed by atoms with Crippen molar-refractivity contribution in [2.45, 2.75) is 26.3 Å². The Morgan fingerprint density at radius 3 is 2.52 bits per heavy atom. The Morgan fingerprint density at radius 2 is 1.81 bits per heavy atom. The van der Waals surface area contributed by atoms with Gasteiger partial charge in [-0.05, 0) is 37.1 Å². The molecule has 2 aromatic carbocycles. The molecule has 0 heterocycles. The van der Waals surface area contributed by atoms with Gasteiger partial charge in [-0.15, -0.1) is 0 Å². The third-order valence-electron chi connectivity index (χ3n) is 3.58. The number of para-hydroxylation sites is 1. The maximum atomic E-state index is 6.53. The van der Waals surface area contributed by atoms with Crippen molar-refractivity contribution in [1.29, 1.82) is 0 Å². The van der Waals surface area contributed by atoms with Crippen molar-refractivity contribution in [3.63, 3.8) is 0 Å². The van der Waals surface area contributed by atoms with Crippen LogP contribution < -0.4 is 10.1 Å². The summed E-state index contributed by atoms with van der Waals surface area (Å²) in [6.45, 7) is 5.11. The lowest BCUT2D eigenvalue weighted by Gasteiger charge is -2.23. The van der Waals surface area contributed by atoms with Gasteiger partial charge in [0.1, 0.15) is 5.75 Å². The Kier molecular flexibility index (Phi) is 5.66. The predicted molar refractivity (Wildman–Crippen MR) is 89.3 cm³/mol. The van der Waals surface area contributed by atoms with Gasteiger partial charge in [0.15, 0.2) is 0 Å². The fourth-order valence-corrected chi connectivity index (χ4v) is 2.71. The molecule has 2 nitrogen and oxygen atoms in total. The first-order valence-electron chi connectivity index (χ1n) is 7.30. The van der Waals surface area contributed by atoms with Gasteiger partial charge in [-0.25, -0.2) is 0 Å². The fraction of sp³-hybridized carbons (Fsp3) is 0.333. The average Bonchev–Trinajstić information content (AvgIpc) is 2.52. The molecule has 0 aliphatic carbocycles. The van der Waals surface area contributed by atoms with E-state index in [2.05, 4.69) is 24.4 Å². The van der Waals surface area contributed by atoms with Crippen LogP contribution in [0.15, 0.2) is 42.5 Å². The van der Waals surface area contributed by atoms with Crippen molar-refractivity contribution >= 4 is 11.6 Å². The van der Waals surface area contributed by atoms with E-state index in [0.717, 1.165) is 40.4 Å². The summed E-state index contributed by atoms with van der Waals surface area (Å²) in [5.74, 6) is 0.878. The zero-order chi connectivity index (χ0) is 15.2. The van der Waals surface area contributed by atoms with E-state index >= 15 is 0 Å². The number of hydrogen-bond acceptors (Lipinski definition) is 2. The number of methoxy groups -OCH3 is 1. The summed E-state index contributed by atoms with van der Waals surface area (Å²) in [4.78, 5) is 0. The Bertz CT molecular complexity index is 598. The van der Waals surface area contributed by atoms with Crippen molar-refractivity contribution < 1.29 is 4.74 Å². The smallest absolute Gasteiger partial charge is 0.123 e. The molecule has 0 aromatic heterocycles. The third kappa shape index (κ3) is 3.58. The second-order valence-electron chi connectivity index (χ2n) is 5.11. The van der Waals surface area contributed by atoms with Gasteiger partial charge in [-0.1, -0.05) is 54.9 Å². The zero-order valence-electron chi connectivity index (χ0n) is 12.8. The summed E-state index contributed by atoms with van der Waals surface area (Å²) in [5.41, 5.74) is 3.29. The van der Waals surface area contributed by atoms with E-state index in [-0.39, 0.29) is 6.04 Å². The summed E-state index contributed by atoms with van der Waals surface area (Å²) in [5, 5.41) is 4.40. The maximum absolute atomic E-state index is 6.53. The molecular formula is C18H22ClNO. The number of hydrogen-bond donors (Lipinski definition) is 1. The minimum atomic E-state index is 0.0356. The molecule has 1 atom stereocenters. The first kappa shape index (κ1) is 15.9. The van der Waals surface area contributed by atoms with Crippen LogP contribution in [-0.4, -0.2) is 13.7 Å². The number of halogens is 1. The van der Waals surface area contributed by atoms with Gasteiger partial charge in [-0.2, -0.15) is 0 Å². The molecule has 0 aliphatic heterocycles. The Morgan fingerprint density at radius 1 is 1.10 bits per heavy atom. The molecule has 2 rings (SSSR count). The molecule has 0 saturated carbocycles. The number of rotatable bonds is 6. The third-order valence-corrected chi connectivity index (χ3v) is 4.10. The highest BCUT2D eigenvalue weighted by atomic mass is 35.5. The Balaban J connectivity index is 2.50. The standard InChI is InChI=1S/C18H22ClNO/c1-4-12-20-18(14-9-5-6-11-16(14)21-3)15-10-7-8-13(2)17(15)19/h5-11,18,20H,4,12H2,1-3H3. The van der Waals surface area contributed by atoms with Crippen LogP contribution in [0, 0.1) is 6.92 Å². The summed E-state index contributed by atoms with van der Waals surface area (Å²) < 4.78 is 5.51. The summed E-state index contributed by atoms with van der Waals surface area (Å²) in [6.07, 6.45) is 1.06. The van der Waals surface area contributed by atoms with Crippen LogP contribution >= 0.6 is 11.6 Å². The van der Waals surface area contributed by atoms with Gasteiger partial charge in [0.25, 0.3) is 0 Å². The second kappa shape index (κ2) is 7.48. The summed E-state index contributed by atoms with van der Waals surface area (Å²) >= 11 is 6.53. The van der Waals surface area contributed by atoms with Gasteiger partial charge in [0, 0.05) is 10.6 Å². The zero-order valence-corrected chi connectivity index (χ0v) is 13.6. The van der Waals surface area contributed by atoms with Crippen LogP contribution in [-0.2, 0) is 0 Å². The van der Waals surface area contributed by atoms with E-state index in [9.17, 15) is 0 Å². The Labute approximate surface area is 132 Å². The van der Waals surface area contributed by atoms with Gasteiger partial charge >= 0.3 is 0 Å². The number of ether oxygens (including phenoxy) is 1. The topological polar surface area (TPSA) is 21.3 Å². The lowest BCUT2D eigenvalue weighted by atomic mass is 9.96. The molecule has 1 N–H and O–H groups in total. The molecule has 0 amide bonds. The van der Waals surface area contributed by atoms with Crippen LogP contribution in [0.2, 0.25) is 5.02 Å². The van der Waals surface area contributed by atoms with Crippen LogP contribution in [0.3, 0.4) is 0 Å². The molecule has 3 heteroatoms. The molecule has 112 valence electrons. The molecule has 0 saturated heterocycles. The van der Waals surface area contributed by atoms with E-state index in [1.165, 1.54) is 0 Å². The molecule has 2 aromatic rings. The van der Waals surface area contributed by atoms with Crippen LogP contribution in [0.4, 0.5) is 0 Å². The van der Waals surface area contributed by atoms with Gasteiger partial charge < -0.3 is 10.1 Å². The highest BCUT2D eigenvalue weighted by molar-refractivity contribution is 6.32. The van der Waals surface area contributed by atoms with Crippen molar-refractivity contribution in [3.8, 4) is 5.75 Å². The lowest BCUT2D eigenvalue weighted by Crippen LogP contribution is -2.24. The monoisotopic (exact) mass is 303 g/mol. The first-order chi connectivity index (χ1) is 10.2. The predicted octanol–water partition coefficient (Wildman–Crippen LogP) is 4.75. The molecule has 0 bridgehead atoms. The SMILES string of the molecule is CCCNC(c1ccccc1OC)c1cccc(C)c1Cl. The van der Waals surface area contributed by atoms with Crippen LogP contribution in [0.5, 0.6) is 5.75 Å². The van der Waals surface area contributed by atoms with Crippen molar-refractivity contribution in [1.82, 2.24) is 5.32 Å². The van der Waals surface area contributed by atoms with Crippen molar-refractivity contribution in [2.24, 2.45) is 0 Å². The minimum Gasteiger partial charge on any atom is -0.496 e. The van der Waals surface area contributed by atoms with E-state index in [1.54, 1.807) is 7.11 Å². The molecule has 0 aliphatic rings. The fourth-order valence-electron chi connectivity index (χ4n) is 2.47. The van der Waals surface area contributed by atoms with Crippen molar-refractivity contribution in [2.75, 3.05) is 13.7 Å². The van der Waals surface area contributed by atoms with E-state index in [0.29, 0.717) is 0 Å². The van der Waals surface area contributed by atoms with E-state index in [4.69, 9.17) is 16.3 Å². The van der Waals surface area contributed by atoms with Crippen molar-refractivity contribution in [3.05, 3.63) is 64.2 Å². The summed E-state index contributed by atoms with van der Waals surface area (Å²) in [6, 6.07) is 14.3. The normalized spacial score (nSPS) is 12.2. The van der Waals surface area contributed by atoms with E-state index in [1.807, 2.05) is 37.3 Å². The molecule has 0 fully saturated rings. The lowest BCUT2D eigenvalue weighted by molar-refractivity contribution is 0.404. The first-order valence-corrected chi connectivity index (χ1v) is 7.68. The molecular weight excluding hydrogens is 282 g/mol. The quantitative estimate of drug-likeness (QED) is 0.832. The van der Waals surface area contributed by atoms with Crippen LogP contribution in [0.1, 0.15) is 36.1 Å². The number of nitrogens with one attached hydrogen (secondary N) is 1. The Hall–Kier alpha value is -1.51. The summed E-state index contributed by atoms with van der Waals surface area (Å²) in [7, 11) is 1.70. The molecule has 1 unspecified atom stereocenters. The number of aryl methyl sites for hydroxylation is 1. The maximum Gasteiger partial charge on any atom is 0.123 e. The average molecular weight is 304 g/mol. The second-order valence-corrected chi connectivity index (χ2v) is 5.49. The highest BCUT2D eigenvalue weighted by Crippen LogP contribution is 2.34. The van der Waals surface area contributed by atoms with Gasteiger partial charge in [-0.3, -0.25) is 0 Å². The number of benzene rings is 2. The highest BCUT2D eigenvalue weighted by Gasteiger charge is 2.20. The molecule has 21 heavy (non-hydrogen) atoms. The van der Waals surface area contributed by atoms with Crippen LogP contribution in [0.25, 0.3) is 0 Å². The van der Waals surface area contributed by atoms with Gasteiger partial charge in [0.05, 0.1) is 13.2 Å². The van der Waals surface area contributed by atoms with Gasteiger partial charge in [0.2, 0.25) is 0 Å². The molecule has 0 radical (unpaired) electrons. The largest absolute Gasteiger partial charge is 0.496 e. The minimum absolute atomic E-state index is 0.0356. The van der Waals surface area contributed by atoms with E-state index < -0.39 is 0 Å².